The number of nitrogens with two attached hydrogens (primary N) is 1. The van der Waals surface area contributed by atoms with Crippen molar-refractivity contribution >= 4 is 39.0 Å². The summed E-state index contributed by atoms with van der Waals surface area (Å²) in [5.74, 6) is 0.724. The number of nitrogen functional groups attached to an aromatic ring is 1. The van der Waals surface area contributed by atoms with E-state index in [2.05, 4.69) is 26.3 Å². The summed E-state index contributed by atoms with van der Waals surface area (Å²) in [4.78, 5) is 11.4. The van der Waals surface area contributed by atoms with Gasteiger partial charge in [0.15, 0.2) is 0 Å². The van der Waals surface area contributed by atoms with Gasteiger partial charge in [-0.2, -0.15) is 23.4 Å². The first-order chi connectivity index (χ1) is 15.7. The molecule has 0 radical (unpaired) electrons. The van der Waals surface area contributed by atoms with Crippen molar-refractivity contribution in [2.75, 3.05) is 29.0 Å². The summed E-state index contributed by atoms with van der Waals surface area (Å²) in [6.45, 7) is 1.62. The van der Waals surface area contributed by atoms with Crippen molar-refractivity contribution in [2.45, 2.75) is 44.3 Å². The van der Waals surface area contributed by atoms with Crippen LogP contribution in [-0.2, 0) is 12.8 Å². The number of nitriles is 1. The minimum atomic E-state index is -4.26. The van der Waals surface area contributed by atoms with Crippen LogP contribution in [0.25, 0.3) is 10.2 Å². The number of hydrogen-bond donors (Lipinski definition) is 2. The zero-order valence-electron chi connectivity index (χ0n) is 17.8. The van der Waals surface area contributed by atoms with Crippen LogP contribution in [0.2, 0.25) is 0 Å². The van der Waals surface area contributed by atoms with Crippen molar-refractivity contribution in [3.8, 4) is 6.07 Å². The molecule has 172 valence electrons. The normalized spacial score (nSPS) is 19.6. The molecule has 1 saturated carbocycles. The lowest BCUT2D eigenvalue weighted by atomic mass is 9.78. The third kappa shape index (κ3) is 4.55. The van der Waals surface area contributed by atoms with E-state index >= 15 is 0 Å². The number of nitrogens with zero attached hydrogens (tertiary/aromatic N) is 4. The first kappa shape index (κ1) is 21.8. The molecule has 3 N–H and O–H groups in total. The van der Waals surface area contributed by atoms with Gasteiger partial charge in [0.1, 0.15) is 10.6 Å². The zero-order valence-corrected chi connectivity index (χ0v) is 18.6. The number of hydrogen-bond acceptors (Lipinski definition) is 7. The largest absolute Gasteiger partial charge is 0.393 e. The SMILES string of the molecule is N#CCc1ccc(NC2CCC3(C2)CN(c2nc(N)nc4sc(CC(F)(F)F)cc24)C3)cc1. The van der Waals surface area contributed by atoms with Gasteiger partial charge in [0, 0.05) is 35.1 Å². The van der Waals surface area contributed by atoms with E-state index in [-0.39, 0.29) is 16.2 Å². The van der Waals surface area contributed by atoms with Crippen molar-refractivity contribution in [2.24, 2.45) is 5.41 Å². The molecular weight excluding hydrogens is 449 g/mol. The second-order valence-corrected chi connectivity index (χ2v) is 10.2. The minimum Gasteiger partial charge on any atom is -0.382 e. The molecule has 6 nitrogen and oxygen atoms in total. The van der Waals surface area contributed by atoms with Crippen LogP contribution in [0, 0.1) is 16.7 Å². The summed E-state index contributed by atoms with van der Waals surface area (Å²) < 4.78 is 38.5. The molecule has 3 aromatic rings. The van der Waals surface area contributed by atoms with Gasteiger partial charge < -0.3 is 16.0 Å². The van der Waals surface area contributed by atoms with Crippen LogP contribution in [0.4, 0.5) is 30.6 Å². The van der Waals surface area contributed by atoms with E-state index in [4.69, 9.17) is 11.0 Å². The Balaban J connectivity index is 1.26. The fourth-order valence-corrected chi connectivity index (χ4v) is 6.14. The molecule has 2 fully saturated rings. The van der Waals surface area contributed by atoms with E-state index in [0.29, 0.717) is 28.5 Å². The van der Waals surface area contributed by atoms with Gasteiger partial charge in [-0.15, -0.1) is 11.3 Å². The lowest BCUT2D eigenvalue weighted by Gasteiger charge is -2.49. The summed E-state index contributed by atoms with van der Waals surface area (Å²) in [6, 6.07) is 12.0. The number of benzene rings is 1. The summed E-state index contributed by atoms with van der Waals surface area (Å²) >= 11 is 1.03. The lowest BCUT2D eigenvalue weighted by molar-refractivity contribution is -0.126. The molecular formula is C23H23F3N6S. The van der Waals surface area contributed by atoms with E-state index in [0.717, 1.165) is 54.9 Å². The number of alkyl halides is 3. The summed E-state index contributed by atoms with van der Waals surface area (Å²) in [5, 5.41) is 13.1. The molecule has 1 unspecified atom stereocenters. The molecule has 2 aliphatic rings. The van der Waals surface area contributed by atoms with Gasteiger partial charge in [-0.25, -0.2) is 4.98 Å². The molecule has 2 aromatic heterocycles. The van der Waals surface area contributed by atoms with Crippen molar-refractivity contribution in [3.63, 3.8) is 0 Å². The second-order valence-electron chi connectivity index (χ2n) is 9.10. The molecule has 3 heterocycles. The number of thiophene rings is 1. The molecule has 1 atom stereocenters. The Kier molecular flexibility index (Phi) is 5.32. The third-order valence-corrected chi connectivity index (χ3v) is 7.51. The highest BCUT2D eigenvalue weighted by Crippen LogP contribution is 2.49. The number of fused-ring (bicyclic) bond motifs is 1. The van der Waals surface area contributed by atoms with Crippen molar-refractivity contribution in [1.29, 1.82) is 5.26 Å². The topological polar surface area (TPSA) is 90.9 Å². The van der Waals surface area contributed by atoms with Crippen molar-refractivity contribution < 1.29 is 13.2 Å². The highest BCUT2D eigenvalue weighted by molar-refractivity contribution is 7.18. The number of anilines is 3. The van der Waals surface area contributed by atoms with Crippen molar-refractivity contribution in [3.05, 3.63) is 40.8 Å². The summed E-state index contributed by atoms with van der Waals surface area (Å²) in [5.41, 5.74) is 8.10. The quantitative estimate of drug-likeness (QED) is 0.548. The maximum absolute atomic E-state index is 12.8. The van der Waals surface area contributed by atoms with Gasteiger partial charge in [0.25, 0.3) is 0 Å². The molecule has 1 aromatic carbocycles. The third-order valence-electron chi connectivity index (χ3n) is 6.48. The van der Waals surface area contributed by atoms with Crippen LogP contribution in [-0.4, -0.2) is 35.3 Å². The van der Waals surface area contributed by atoms with E-state index in [1.807, 2.05) is 24.3 Å². The molecule has 1 aliphatic heterocycles. The Bertz CT molecular complexity index is 1210. The van der Waals surface area contributed by atoms with E-state index in [9.17, 15) is 13.2 Å². The predicted molar refractivity (Wildman–Crippen MR) is 123 cm³/mol. The molecule has 0 amide bonds. The lowest BCUT2D eigenvalue weighted by Crippen LogP contribution is -2.56. The molecule has 1 aliphatic carbocycles. The van der Waals surface area contributed by atoms with Crippen LogP contribution < -0.4 is 16.0 Å². The predicted octanol–water partition coefficient (Wildman–Crippen LogP) is 4.92. The van der Waals surface area contributed by atoms with Gasteiger partial charge in [-0.3, -0.25) is 0 Å². The second kappa shape index (κ2) is 8.06. The highest BCUT2D eigenvalue weighted by atomic mass is 32.1. The fraction of sp³-hybridized carbons (Fsp3) is 0.435. The van der Waals surface area contributed by atoms with Gasteiger partial charge in [0.05, 0.1) is 24.3 Å². The molecule has 1 spiro atoms. The standard InChI is InChI=1S/C23H23F3N6S/c24-23(25,26)11-17-9-18-19(30-21(28)31-20(18)33-17)32-12-22(13-32)7-5-16(10-22)29-15-3-1-14(2-4-15)6-8-27/h1-4,9,16,29H,5-7,10-13H2,(H2,28,30,31). The van der Waals surface area contributed by atoms with Gasteiger partial charge in [-0.1, -0.05) is 12.1 Å². The van der Waals surface area contributed by atoms with E-state index < -0.39 is 12.6 Å². The zero-order chi connectivity index (χ0) is 23.2. The number of nitrogens with one attached hydrogen (secondary N) is 1. The first-order valence-corrected chi connectivity index (χ1v) is 11.6. The van der Waals surface area contributed by atoms with Gasteiger partial charge in [-0.05, 0) is 43.0 Å². The van der Waals surface area contributed by atoms with Gasteiger partial charge >= 0.3 is 6.18 Å². The Morgan fingerprint density at radius 2 is 2.00 bits per heavy atom. The van der Waals surface area contributed by atoms with Crippen LogP contribution in [0.5, 0.6) is 0 Å². The molecule has 0 bridgehead atoms. The Morgan fingerprint density at radius 3 is 2.70 bits per heavy atom. The molecule has 1 saturated heterocycles. The average Bonchev–Trinajstić information content (AvgIpc) is 3.30. The Labute approximate surface area is 193 Å². The van der Waals surface area contributed by atoms with E-state index in [1.54, 1.807) is 6.07 Å². The summed E-state index contributed by atoms with van der Waals surface area (Å²) in [7, 11) is 0. The maximum Gasteiger partial charge on any atom is 0.393 e. The van der Waals surface area contributed by atoms with Crippen LogP contribution >= 0.6 is 11.3 Å². The monoisotopic (exact) mass is 472 g/mol. The maximum atomic E-state index is 12.8. The molecule has 5 rings (SSSR count). The van der Waals surface area contributed by atoms with Crippen LogP contribution in [0.15, 0.2) is 30.3 Å². The van der Waals surface area contributed by atoms with E-state index in [1.165, 1.54) is 0 Å². The minimum absolute atomic E-state index is 0.0877. The molecule has 10 heteroatoms. The van der Waals surface area contributed by atoms with Crippen LogP contribution in [0.3, 0.4) is 0 Å². The first-order valence-electron chi connectivity index (χ1n) is 10.8. The van der Waals surface area contributed by atoms with Crippen molar-refractivity contribution in [1.82, 2.24) is 9.97 Å². The summed E-state index contributed by atoms with van der Waals surface area (Å²) in [6.07, 6.45) is -1.66. The van der Waals surface area contributed by atoms with Crippen LogP contribution in [0.1, 0.15) is 29.7 Å². The van der Waals surface area contributed by atoms with Gasteiger partial charge in [0.2, 0.25) is 5.95 Å². The Morgan fingerprint density at radius 1 is 1.24 bits per heavy atom. The number of aromatic nitrogens is 2. The Hall–Kier alpha value is -3.06. The fourth-order valence-electron chi connectivity index (χ4n) is 5.07. The average molecular weight is 473 g/mol. The highest BCUT2D eigenvalue weighted by Gasteiger charge is 2.49. The number of rotatable bonds is 5. The number of halogens is 3. The smallest absolute Gasteiger partial charge is 0.382 e. The molecule has 33 heavy (non-hydrogen) atoms.